The van der Waals surface area contributed by atoms with E-state index in [0.717, 1.165) is 18.6 Å². The molecule has 0 aliphatic rings. The van der Waals surface area contributed by atoms with Crippen molar-refractivity contribution in [2.45, 2.75) is 32.7 Å². The number of ether oxygens (including phenoxy) is 1. The molecule has 0 aliphatic heterocycles. The van der Waals surface area contributed by atoms with E-state index >= 15 is 0 Å². The minimum absolute atomic E-state index is 0.0602. The lowest BCUT2D eigenvalue weighted by molar-refractivity contribution is 0.0935. The van der Waals surface area contributed by atoms with E-state index in [2.05, 4.69) is 5.32 Å². The number of benzene rings is 1. The maximum atomic E-state index is 12.0. The van der Waals surface area contributed by atoms with E-state index < -0.39 is 0 Å². The lowest BCUT2D eigenvalue weighted by atomic mass is 10.1. The Morgan fingerprint density at radius 1 is 1.33 bits per heavy atom. The number of halogens is 1. The van der Waals surface area contributed by atoms with Crippen LogP contribution < -0.4 is 10.1 Å². The summed E-state index contributed by atoms with van der Waals surface area (Å²) < 4.78 is 5.33. The van der Waals surface area contributed by atoms with E-state index in [-0.39, 0.29) is 11.9 Å². The van der Waals surface area contributed by atoms with Gasteiger partial charge in [-0.2, -0.15) is 0 Å². The largest absolute Gasteiger partial charge is 0.494 e. The molecule has 0 saturated heterocycles. The van der Waals surface area contributed by atoms with Crippen molar-refractivity contribution in [2.24, 2.45) is 0 Å². The van der Waals surface area contributed by atoms with E-state index in [1.807, 2.05) is 13.8 Å². The molecule has 0 aliphatic carbocycles. The molecule has 1 rings (SSSR count). The molecule has 1 unspecified atom stereocenters. The molecule has 1 amide bonds. The molecule has 4 heteroatoms. The zero-order valence-corrected chi connectivity index (χ0v) is 11.7. The Hall–Kier alpha value is -1.22. The highest BCUT2D eigenvalue weighted by atomic mass is 35.5. The number of amides is 1. The molecule has 18 heavy (non-hydrogen) atoms. The van der Waals surface area contributed by atoms with Crippen molar-refractivity contribution < 1.29 is 9.53 Å². The molecular formula is C14H20ClNO2. The van der Waals surface area contributed by atoms with Crippen LogP contribution in [0.15, 0.2) is 24.3 Å². The first-order valence-corrected chi connectivity index (χ1v) is 6.84. The van der Waals surface area contributed by atoms with Crippen LogP contribution in [-0.2, 0) is 0 Å². The molecule has 1 aromatic carbocycles. The summed E-state index contributed by atoms with van der Waals surface area (Å²) in [5.74, 6) is 1.28. The summed E-state index contributed by atoms with van der Waals surface area (Å²) in [5, 5.41) is 2.97. The molecule has 0 bridgehead atoms. The summed E-state index contributed by atoms with van der Waals surface area (Å²) in [5.41, 5.74) is 0.645. The molecule has 1 N–H and O–H groups in total. The maximum Gasteiger partial charge on any atom is 0.251 e. The van der Waals surface area contributed by atoms with Crippen LogP contribution in [0.5, 0.6) is 5.75 Å². The van der Waals surface area contributed by atoms with Crippen molar-refractivity contribution in [1.29, 1.82) is 0 Å². The van der Waals surface area contributed by atoms with E-state index in [1.165, 1.54) is 0 Å². The van der Waals surface area contributed by atoms with E-state index in [0.29, 0.717) is 18.1 Å². The van der Waals surface area contributed by atoms with Gasteiger partial charge in [-0.3, -0.25) is 4.79 Å². The Morgan fingerprint density at radius 2 is 2.00 bits per heavy atom. The maximum absolute atomic E-state index is 12.0. The number of hydrogen-bond acceptors (Lipinski definition) is 2. The third kappa shape index (κ3) is 4.57. The Morgan fingerprint density at radius 3 is 2.50 bits per heavy atom. The predicted molar refractivity (Wildman–Crippen MR) is 74.5 cm³/mol. The van der Waals surface area contributed by atoms with Gasteiger partial charge in [-0.15, -0.1) is 11.6 Å². The molecule has 0 spiro atoms. The van der Waals surface area contributed by atoms with E-state index in [4.69, 9.17) is 16.3 Å². The Balaban J connectivity index is 2.60. The quantitative estimate of drug-likeness (QED) is 0.772. The lowest BCUT2D eigenvalue weighted by Crippen LogP contribution is -2.34. The first-order chi connectivity index (χ1) is 8.71. The van der Waals surface area contributed by atoms with Crippen molar-refractivity contribution in [3.63, 3.8) is 0 Å². The summed E-state index contributed by atoms with van der Waals surface area (Å²) in [7, 11) is 0. The first-order valence-electron chi connectivity index (χ1n) is 6.30. The van der Waals surface area contributed by atoms with Crippen LogP contribution in [0.4, 0.5) is 0 Å². The molecule has 0 heterocycles. The molecule has 1 atom stereocenters. The minimum Gasteiger partial charge on any atom is -0.494 e. The van der Waals surface area contributed by atoms with Gasteiger partial charge in [0.2, 0.25) is 0 Å². The van der Waals surface area contributed by atoms with Gasteiger partial charge < -0.3 is 10.1 Å². The molecule has 0 fully saturated rings. The molecular weight excluding hydrogens is 250 g/mol. The fraction of sp³-hybridized carbons (Fsp3) is 0.500. The third-order valence-corrected chi connectivity index (χ3v) is 2.93. The Bertz CT molecular complexity index is 365. The van der Waals surface area contributed by atoms with Crippen LogP contribution in [0.3, 0.4) is 0 Å². The molecule has 0 aromatic heterocycles. The SMILES string of the molecule is CCOc1ccc(C(=O)NC(CC)CCCl)cc1. The average Bonchev–Trinajstić information content (AvgIpc) is 2.39. The van der Waals surface area contributed by atoms with Gasteiger partial charge in [0.1, 0.15) is 5.75 Å². The monoisotopic (exact) mass is 269 g/mol. The van der Waals surface area contributed by atoms with Gasteiger partial charge in [0.25, 0.3) is 5.91 Å². The molecule has 0 radical (unpaired) electrons. The zero-order chi connectivity index (χ0) is 13.4. The Kier molecular flexibility index (Phi) is 6.58. The summed E-state index contributed by atoms with van der Waals surface area (Å²) in [6.07, 6.45) is 1.68. The normalized spacial score (nSPS) is 11.9. The van der Waals surface area contributed by atoms with Crippen molar-refractivity contribution in [3.05, 3.63) is 29.8 Å². The van der Waals surface area contributed by atoms with E-state index in [9.17, 15) is 4.79 Å². The second-order valence-corrected chi connectivity index (χ2v) is 4.39. The molecule has 3 nitrogen and oxygen atoms in total. The van der Waals surface area contributed by atoms with Crippen LogP contribution in [0.25, 0.3) is 0 Å². The average molecular weight is 270 g/mol. The lowest BCUT2D eigenvalue weighted by Gasteiger charge is -2.15. The van der Waals surface area contributed by atoms with Crippen LogP contribution >= 0.6 is 11.6 Å². The highest BCUT2D eigenvalue weighted by Crippen LogP contribution is 2.12. The second kappa shape index (κ2) is 7.98. The van der Waals surface area contributed by atoms with Crippen molar-refractivity contribution in [2.75, 3.05) is 12.5 Å². The van der Waals surface area contributed by atoms with Gasteiger partial charge in [0.05, 0.1) is 6.61 Å². The zero-order valence-electron chi connectivity index (χ0n) is 10.9. The molecule has 1 aromatic rings. The fourth-order valence-electron chi connectivity index (χ4n) is 1.65. The van der Waals surface area contributed by atoms with Gasteiger partial charge in [-0.25, -0.2) is 0 Å². The number of carbonyl (C=O) groups is 1. The fourth-order valence-corrected chi connectivity index (χ4v) is 1.91. The standard InChI is InChI=1S/C14H20ClNO2/c1-3-12(9-10-15)16-14(17)11-5-7-13(8-6-11)18-4-2/h5-8,12H,3-4,9-10H2,1-2H3,(H,16,17). The number of nitrogens with one attached hydrogen (secondary N) is 1. The smallest absolute Gasteiger partial charge is 0.251 e. The van der Waals surface area contributed by atoms with Crippen molar-refractivity contribution >= 4 is 17.5 Å². The summed E-state index contributed by atoms with van der Waals surface area (Å²) in [4.78, 5) is 12.0. The van der Waals surface area contributed by atoms with Crippen molar-refractivity contribution in [3.8, 4) is 5.75 Å². The molecule has 0 saturated carbocycles. The summed E-state index contributed by atoms with van der Waals surface area (Å²) in [6.45, 7) is 4.59. The van der Waals surface area contributed by atoms with E-state index in [1.54, 1.807) is 24.3 Å². The van der Waals surface area contributed by atoms with Gasteiger partial charge >= 0.3 is 0 Å². The summed E-state index contributed by atoms with van der Waals surface area (Å²) >= 11 is 5.69. The Labute approximate surface area is 113 Å². The topological polar surface area (TPSA) is 38.3 Å². The second-order valence-electron chi connectivity index (χ2n) is 4.01. The summed E-state index contributed by atoms with van der Waals surface area (Å²) in [6, 6.07) is 7.30. The van der Waals surface area contributed by atoms with Crippen LogP contribution in [0, 0.1) is 0 Å². The number of carbonyl (C=O) groups excluding carboxylic acids is 1. The molecule has 100 valence electrons. The number of hydrogen-bond donors (Lipinski definition) is 1. The van der Waals surface area contributed by atoms with Crippen LogP contribution in [0.2, 0.25) is 0 Å². The first kappa shape index (κ1) is 14.8. The highest BCUT2D eigenvalue weighted by molar-refractivity contribution is 6.17. The third-order valence-electron chi connectivity index (χ3n) is 2.71. The van der Waals surface area contributed by atoms with Crippen LogP contribution in [0.1, 0.15) is 37.0 Å². The number of alkyl halides is 1. The predicted octanol–water partition coefficient (Wildman–Crippen LogP) is 3.22. The van der Waals surface area contributed by atoms with Crippen LogP contribution in [-0.4, -0.2) is 24.4 Å². The van der Waals surface area contributed by atoms with Gasteiger partial charge in [0.15, 0.2) is 0 Å². The van der Waals surface area contributed by atoms with Crippen molar-refractivity contribution in [1.82, 2.24) is 5.32 Å². The highest BCUT2D eigenvalue weighted by Gasteiger charge is 2.11. The minimum atomic E-state index is -0.0602. The van der Waals surface area contributed by atoms with Gasteiger partial charge in [-0.1, -0.05) is 6.92 Å². The number of rotatable bonds is 7. The van der Waals surface area contributed by atoms with Gasteiger partial charge in [-0.05, 0) is 44.0 Å². The van der Waals surface area contributed by atoms with Gasteiger partial charge in [0, 0.05) is 17.5 Å².